The number of pyridine rings is 1. The number of aryl methyl sites for hydroxylation is 1. The Morgan fingerprint density at radius 3 is 2.44 bits per heavy atom. The third-order valence-electron chi connectivity index (χ3n) is 2.32. The van der Waals surface area contributed by atoms with Gasteiger partial charge in [-0.15, -0.1) is 0 Å². The molecule has 1 heterocycles. The Bertz CT molecular complexity index is 584. The molecule has 2 N–H and O–H groups in total. The second kappa shape index (κ2) is 5.05. The Hall–Kier alpha value is -2.08. The fourth-order valence-corrected chi connectivity index (χ4v) is 2.18. The molecule has 0 aliphatic heterocycles. The van der Waals surface area contributed by atoms with Gasteiger partial charge in [0.05, 0.1) is 4.92 Å². The van der Waals surface area contributed by atoms with Gasteiger partial charge in [-0.25, -0.2) is 4.98 Å². The molecule has 2 rings (SSSR count). The zero-order valence-electron chi connectivity index (χ0n) is 9.66. The van der Waals surface area contributed by atoms with Crippen LogP contribution in [0.25, 0.3) is 0 Å². The molecule has 6 heteroatoms. The number of hydrogen-bond donors (Lipinski definition) is 1. The van der Waals surface area contributed by atoms with Crippen molar-refractivity contribution in [2.24, 2.45) is 0 Å². The van der Waals surface area contributed by atoms with Gasteiger partial charge in [0, 0.05) is 11.0 Å². The Balaban J connectivity index is 2.22. The predicted octanol–water partition coefficient (Wildman–Crippen LogP) is 3.03. The van der Waals surface area contributed by atoms with Gasteiger partial charge in [-0.3, -0.25) is 10.1 Å². The Morgan fingerprint density at radius 1 is 1.22 bits per heavy atom. The minimum absolute atomic E-state index is 0.0582. The van der Waals surface area contributed by atoms with Gasteiger partial charge in [0.2, 0.25) is 5.82 Å². The van der Waals surface area contributed by atoms with Crippen LogP contribution >= 0.6 is 11.8 Å². The number of benzene rings is 1. The summed E-state index contributed by atoms with van der Waals surface area (Å²) in [7, 11) is 0. The minimum Gasteiger partial charge on any atom is -0.378 e. The van der Waals surface area contributed by atoms with Crippen LogP contribution in [0.3, 0.4) is 0 Å². The van der Waals surface area contributed by atoms with Gasteiger partial charge in [-0.1, -0.05) is 29.5 Å². The maximum absolute atomic E-state index is 10.6. The predicted molar refractivity (Wildman–Crippen MR) is 70.6 cm³/mol. The molecule has 92 valence electrons. The lowest BCUT2D eigenvalue weighted by Crippen LogP contribution is -1.98. The van der Waals surface area contributed by atoms with Crippen molar-refractivity contribution >= 4 is 23.3 Å². The first-order valence-electron chi connectivity index (χ1n) is 5.21. The van der Waals surface area contributed by atoms with E-state index in [4.69, 9.17) is 5.73 Å². The van der Waals surface area contributed by atoms with Crippen LogP contribution < -0.4 is 5.73 Å². The van der Waals surface area contributed by atoms with E-state index in [0.717, 1.165) is 4.90 Å². The highest BCUT2D eigenvalue weighted by molar-refractivity contribution is 7.99. The number of nitrogens with zero attached hydrogens (tertiary/aromatic N) is 2. The fourth-order valence-electron chi connectivity index (χ4n) is 1.39. The normalized spacial score (nSPS) is 10.3. The summed E-state index contributed by atoms with van der Waals surface area (Å²) in [4.78, 5) is 15.1. The van der Waals surface area contributed by atoms with Crippen molar-refractivity contribution in [3.8, 4) is 0 Å². The number of rotatable bonds is 3. The average Bonchev–Trinajstić information content (AvgIpc) is 2.32. The van der Waals surface area contributed by atoms with Crippen LogP contribution in [0.2, 0.25) is 0 Å². The van der Waals surface area contributed by atoms with E-state index >= 15 is 0 Å². The number of anilines is 1. The second-order valence-corrected chi connectivity index (χ2v) is 4.82. The van der Waals surface area contributed by atoms with Crippen molar-refractivity contribution in [1.82, 2.24) is 4.98 Å². The van der Waals surface area contributed by atoms with Gasteiger partial charge in [0.15, 0.2) is 0 Å². The first kappa shape index (κ1) is 12.4. The van der Waals surface area contributed by atoms with Crippen LogP contribution in [0.15, 0.2) is 46.3 Å². The highest BCUT2D eigenvalue weighted by atomic mass is 32.2. The van der Waals surface area contributed by atoms with Crippen LogP contribution in [0, 0.1) is 17.0 Å². The van der Waals surface area contributed by atoms with Crippen molar-refractivity contribution in [2.45, 2.75) is 16.8 Å². The average molecular weight is 261 g/mol. The molecule has 0 bridgehead atoms. The molecule has 2 aromatic rings. The highest BCUT2D eigenvalue weighted by Gasteiger charge is 2.13. The Labute approximate surface area is 108 Å². The van der Waals surface area contributed by atoms with E-state index in [9.17, 15) is 10.1 Å². The molecular weight excluding hydrogens is 250 g/mol. The van der Waals surface area contributed by atoms with Crippen LogP contribution in [0.5, 0.6) is 0 Å². The van der Waals surface area contributed by atoms with Gasteiger partial charge in [-0.2, -0.15) is 0 Å². The van der Waals surface area contributed by atoms with Crippen molar-refractivity contribution in [3.05, 3.63) is 52.1 Å². The first-order chi connectivity index (χ1) is 8.56. The molecule has 0 amide bonds. The van der Waals surface area contributed by atoms with Gasteiger partial charge < -0.3 is 5.73 Å². The molecule has 0 radical (unpaired) electrons. The molecule has 0 unspecified atom stereocenters. The van der Waals surface area contributed by atoms with E-state index in [1.54, 1.807) is 6.07 Å². The lowest BCUT2D eigenvalue weighted by molar-refractivity contribution is -0.384. The third-order valence-corrected chi connectivity index (χ3v) is 3.26. The maximum atomic E-state index is 10.6. The van der Waals surface area contributed by atoms with Gasteiger partial charge in [0.25, 0.3) is 0 Å². The second-order valence-electron chi connectivity index (χ2n) is 3.73. The molecule has 0 saturated carbocycles. The molecule has 1 aromatic heterocycles. The van der Waals surface area contributed by atoms with E-state index in [2.05, 4.69) is 4.98 Å². The number of nitro groups is 1. The van der Waals surface area contributed by atoms with Crippen molar-refractivity contribution in [1.29, 1.82) is 0 Å². The van der Waals surface area contributed by atoms with E-state index in [1.807, 2.05) is 31.2 Å². The number of nitrogens with two attached hydrogens (primary N) is 1. The number of nitrogen functional groups attached to an aromatic ring is 1. The molecule has 0 atom stereocenters. The summed E-state index contributed by atoms with van der Waals surface area (Å²) >= 11 is 1.42. The fraction of sp³-hybridized carbons (Fsp3) is 0.0833. The summed E-state index contributed by atoms with van der Waals surface area (Å²) in [6.07, 6.45) is 0. The van der Waals surface area contributed by atoms with Crippen LogP contribution in [0.1, 0.15) is 5.56 Å². The van der Waals surface area contributed by atoms with Crippen LogP contribution in [-0.4, -0.2) is 9.91 Å². The molecule has 0 aliphatic rings. The van der Waals surface area contributed by atoms with E-state index in [-0.39, 0.29) is 11.5 Å². The van der Waals surface area contributed by atoms with Crippen molar-refractivity contribution in [2.75, 3.05) is 5.73 Å². The summed E-state index contributed by atoms with van der Waals surface area (Å²) in [6.45, 7) is 2.01. The number of hydrogen-bond acceptors (Lipinski definition) is 5. The monoisotopic (exact) mass is 261 g/mol. The van der Waals surface area contributed by atoms with E-state index in [0.29, 0.717) is 5.03 Å². The molecular formula is C12H11N3O2S. The molecule has 0 saturated heterocycles. The molecule has 1 aromatic carbocycles. The molecule has 0 spiro atoms. The van der Waals surface area contributed by atoms with Gasteiger partial charge in [0.1, 0.15) is 5.03 Å². The zero-order chi connectivity index (χ0) is 13.1. The Morgan fingerprint density at radius 2 is 1.89 bits per heavy atom. The third kappa shape index (κ3) is 2.78. The SMILES string of the molecule is Cc1ccc(Sc2ccc([N+](=O)[O-])c(N)n2)cc1. The summed E-state index contributed by atoms with van der Waals surface area (Å²) in [5, 5.41) is 11.2. The van der Waals surface area contributed by atoms with Crippen LogP contribution in [0.4, 0.5) is 11.5 Å². The lowest BCUT2D eigenvalue weighted by atomic mass is 10.2. The number of aromatic nitrogens is 1. The standard InChI is InChI=1S/C12H11N3O2S/c1-8-2-4-9(5-3-8)18-11-7-6-10(15(16)17)12(13)14-11/h2-7H,1H3,(H2,13,14). The van der Waals surface area contributed by atoms with Gasteiger partial charge >= 0.3 is 5.69 Å². The minimum atomic E-state index is -0.539. The Kier molecular flexibility index (Phi) is 3.47. The lowest BCUT2D eigenvalue weighted by Gasteiger charge is -2.02. The molecule has 5 nitrogen and oxygen atoms in total. The largest absolute Gasteiger partial charge is 0.378 e. The van der Waals surface area contributed by atoms with Crippen molar-refractivity contribution < 1.29 is 4.92 Å². The topological polar surface area (TPSA) is 82.0 Å². The van der Waals surface area contributed by atoms with Gasteiger partial charge in [-0.05, 0) is 25.1 Å². The highest BCUT2D eigenvalue weighted by Crippen LogP contribution is 2.29. The smallest absolute Gasteiger partial charge is 0.311 e. The van der Waals surface area contributed by atoms with E-state index < -0.39 is 4.92 Å². The maximum Gasteiger partial charge on any atom is 0.311 e. The molecule has 0 fully saturated rings. The summed E-state index contributed by atoms with van der Waals surface area (Å²) in [5.41, 5.74) is 6.55. The summed E-state index contributed by atoms with van der Waals surface area (Å²) < 4.78 is 0. The van der Waals surface area contributed by atoms with E-state index in [1.165, 1.54) is 23.4 Å². The molecule has 0 aliphatic carbocycles. The molecule has 18 heavy (non-hydrogen) atoms. The summed E-state index contributed by atoms with van der Waals surface area (Å²) in [5.74, 6) is -0.0582. The zero-order valence-corrected chi connectivity index (χ0v) is 10.5. The van der Waals surface area contributed by atoms with Crippen molar-refractivity contribution in [3.63, 3.8) is 0 Å². The summed E-state index contributed by atoms with van der Waals surface area (Å²) in [6, 6.07) is 10.9. The quantitative estimate of drug-likeness (QED) is 0.678. The first-order valence-corrected chi connectivity index (χ1v) is 6.03. The van der Waals surface area contributed by atoms with Crippen LogP contribution in [-0.2, 0) is 0 Å².